The van der Waals surface area contributed by atoms with Crippen LogP contribution >= 0.6 is 23.4 Å². The lowest BCUT2D eigenvalue weighted by molar-refractivity contribution is -0.384. The quantitative estimate of drug-likeness (QED) is 0.0445. The average Bonchev–Trinajstić information content (AvgIpc) is 3.31. The molecule has 368 valence electrons. The van der Waals surface area contributed by atoms with E-state index in [1.54, 1.807) is 24.3 Å². The number of hydrogen-bond donors (Lipinski definition) is 2. The smallest absolute Gasteiger partial charge is 0.410 e. The van der Waals surface area contributed by atoms with Crippen molar-refractivity contribution in [1.82, 2.24) is 19.4 Å². The van der Waals surface area contributed by atoms with Crippen LogP contribution in [0.1, 0.15) is 69.3 Å². The number of amides is 2. The van der Waals surface area contributed by atoms with Gasteiger partial charge in [0.05, 0.1) is 9.82 Å². The Bertz CT molecular complexity index is 2600. The van der Waals surface area contributed by atoms with Gasteiger partial charge in [-0.15, -0.1) is 11.8 Å². The molecule has 4 aromatic carbocycles. The molecule has 2 amide bonds. The van der Waals surface area contributed by atoms with Crippen molar-refractivity contribution in [3.05, 3.63) is 129 Å². The third-order valence-electron chi connectivity index (χ3n) is 12.8. The second-order valence-corrected chi connectivity index (χ2v) is 22.6. The van der Waals surface area contributed by atoms with Crippen molar-refractivity contribution in [2.24, 2.45) is 5.41 Å². The molecule has 2 N–H and O–H groups in total. The number of rotatable bonds is 17. The molecule has 2 saturated heterocycles. The van der Waals surface area contributed by atoms with Crippen molar-refractivity contribution in [3.63, 3.8) is 0 Å². The van der Waals surface area contributed by atoms with Crippen molar-refractivity contribution in [2.75, 3.05) is 81.4 Å². The lowest BCUT2D eigenvalue weighted by Crippen LogP contribution is -2.52. The van der Waals surface area contributed by atoms with E-state index < -0.39 is 43.1 Å². The van der Waals surface area contributed by atoms with Gasteiger partial charge in [0.1, 0.15) is 17.6 Å². The number of hydrogen-bond acceptors (Lipinski definition) is 13. The number of benzene rings is 4. The van der Waals surface area contributed by atoms with Crippen LogP contribution in [-0.4, -0.2) is 129 Å². The summed E-state index contributed by atoms with van der Waals surface area (Å²) in [7, 11) is -4.50. The first-order chi connectivity index (χ1) is 32.9. The third-order valence-corrected chi connectivity index (χ3v) is 15.5. The van der Waals surface area contributed by atoms with Gasteiger partial charge in [-0.3, -0.25) is 24.7 Å². The monoisotopic (exact) mass is 999 g/mol. The molecule has 1 unspecified atom stereocenters. The van der Waals surface area contributed by atoms with Gasteiger partial charge >= 0.3 is 6.09 Å². The van der Waals surface area contributed by atoms with Gasteiger partial charge in [0.15, 0.2) is 0 Å². The zero-order valence-electron chi connectivity index (χ0n) is 39.7. The minimum Gasteiger partial charge on any atom is -0.444 e. The zero-order valence-corrected chi connectivity index (χ0v) is 42.1. The zero-order chi connectivity index (χ0) is 49.3. The molecule has 15 nitrogen and oxygen atoms in total. The summed E-state index contributed by atoms with van der Waals surface area (Å²) in [5.41, 5.74) is 4.15. The van der Waals surface area contributed by atoms with Crippen molar-refractivity contribution >= 4 is 74.3 Å². The van der Waals surface area contributed by atoms with Gasteiger partial charge in [-0.2, -0.15) is 0 Å². The van der Waals surface area contributed by atoms with Crippen molar-refractivity contribution < 1.29 is 32.5 Å². The maximum absolute atomic E-state index is 13.4. The molecular weight excluding hydrogens is 938 g/mol. The first-order valence-electron chi connectivity index (χ1n) is 23.4. The average molecular weight is 1000 g/mol. The minimum absolute atomic E-state index is 0.0547. The predicted octanol–water partition coefficient (Wildman–Crippen LogP) is 8.85. The molecule has 0 saturated carbocycles. The molecule has 2 aliphatic heterocycles. The van der Waals surface area contributed by atoms with E-state index >= 15 is 0 Å². The molecule has 18 heteroatoms. The molecule has 0 bridgehead atoms. The van der Waals surface area contributed by atoms with Crippen LogP contribution < -0.4 is 14.9 Å². The van der Waals surface area contributed by atoms with Crippen LogP contribution in [0.3, 0.4) is 0 Å². The van der Waals surface area contributed by atoms with E-state index in [1.807, 2.05) is 68.1 Å². The van der Waals surface area contributed by atoms with Crippen LogP contribution in [-0.2, 0) is 19.6 Å². The van der Waals surface area contributed by atoms with Crippen LogP contribution in [0.15, 0.2) is 112 Å². The molecule has 1 aliphatic carbocycles. The third kappa shape index (κ3) is 14.1. The van der Waals surface area contributed by atoms with Crippen molar-refractivity contribution in [2.45, 2.75) is 74.8 Å². The molecule has 2 heterocycles. The number of nitro groups is 1. The molecule has 0 radical (unpaired) electrons. The van der Waals surface area contributed by atoms with Gasteiger partial charge in [-0.1, -0.05) is 54.4 Å². The summed E-state index contributed by atoms with van der Waals surface area (Å²) in [4.78, 5) is 58.5. The SMILES string of the molecule is CC1(CN2CCN(C(=O)OC(C)(C)C)CC2)CCC(c2ccc(Cl)cc2)=C(CN2CCN(c3ccc(C(=O)NS(=O)(=O)c4ccc(N[C@H](CC=O)CSc5ccccc5)c([N+](=O)[O-])c4)cc3)CC2)C1. The molecule has 2 atom stereocenters. The molecule has 69 heavy (non-hydrogen) atoms. The van der Waals surface area contributed by atoms with Crippen molar-refractivity contribution in [3.8, 4) is 0 Å². The highest BCUT2D eigenvalue weighted by molar-refractivity contribution is 7.99. The number of nitrogens with zero attached hydrogens (tertiary/aromatic N) is 5. The highest BCUT2D eigenvalue weighted by Gasteiger charge is 2.36. The Hall–Kier alpha value is -5.46. The maximum atomic E-state index is 13.4. The van der Waals surface area contributed by atoms with E-state index in [2.05, 4.69) is 43.8 Å². The van der Waals surface area contributed by atoms with Crippen LogP contribution in [0.25, 0.3) is 5.57 Å². The number of ether oxygens (including phenoxy) is 1. The summed E-state index contributed by atoms with van der Waals surface area (Å²) >= 11 is 7.79. The van der Waals surface area contributed by atoms with E-state index in [-0.39, 0.29) is 29.2 Å². The Morgan fingerprint density at radius 2 is 1.58 bits per heavy atom. The second-order valence-electron chi connectivity index (χ2n) is 19.4. The number of halogens is 1. The minimum atomic E-state index is -4.50. The summed E-state index contributed by atoms with van der Waals surface area (Å²) in [6.45, 7) is 16.0. The number of carbonyl (C=O) groups excluding carboxylic acids is 3. The molecule has 3 aliphatic rings. The predicted molar refractivity (Wildman–Crippen MR) is 273 cm³/mol. The standard InChI is InChI=1S/C51H62ClN7O8S2/c1-50(2,3)67-49(62)58-29-25-56(26-30-58)36-51(4)22-20-45(37-10-14-40(52)15-11-37)39(33-51)34-55-23-27-57(28-24-55)42-16-12-38(13-17-42)48(61)54-69(65,66)44-18-19-46(47(32-44)59(63)64)53-41(21-31-60)35-68-43-8-6-5-7-9-43/h5-19,31-32,41,53H,20-30,33-36H2,1-4H3,(H,54,61)/t41-,51?/m1/s1. The van der Waals surface area contributed by atoms with Crippen LogP contribution in [0.2, 0.25) is 5.02 Å². The van der Waals surface area contributed by atoms with Gasteiger partial charge < -0.3 is 24.6 Å². The summed E-state index contributed by atoms with van der Waals surface area (Å²) in [6.07, 6.45) is 3.55. The number of thioether (sulfide) groups is 1. The number of nitrogens with one attached hydrogen (secondary N) is 2. The lowest BCUT2D eigenvalue weighted by Gasteiger charge is -2.44. The maximum Gasteiger partial charge on any atom is 0.410 e. The summed E-state index contributed by atoms with van der Waals surface area (Å²) < 4.78 is 34.5. The number of carbonyl (C=O) groups is 3. The number of anilines is 2. The Kier molecular flexibility index (Phi) is 16.8. The Labute approximate surface area is 414 Å². The molecule has 2 fully saturated rings. The van der Waals surface area contributed by atoms with Crippen LogP contribution in [0, 0.1) is 15.5 Å². The fourth-order valence-electron chi connectivity index (χ4n) is 9.22. The number of sulfonamides is 1. The van der Waals surface area contributed by atoms with E-state index in [0.29, 0.717) is 23.9 Å². The molecular formula is C51H62ClN7O8S2. The normalized spacial score (nSPS) is 18.9. The molecule has 0 aromatic heterocycles. The first-order valence-corrected chi connectivity index (χ1v) is 26.2. The number of allylic oxidation sites excluding steroid dienone is 1. The molecule has 4 aromatic rings. The second kappa shape index (κ2) is 22.5. The highest BCUT2D eigenvalue weighted by atomic mass is 35.5. The number of nitro benzene ring substituents is 1. The Balaban J connectivity index is 0.945. The van der Waals surface area contributed by atoms with E-state index in [1.165, 1.54) is 40.6 Å². The molecule has 7 rings (SSSR count). The Morgan fingerprint density at radius 1 is 0.913 bits per heavy atom. The summed E-state index contributed by atoms with van der Waals surface area (Å²) in [5, 5.41) is 15.9. The fourth-order valence-corrected chi connectivity index (χ4v) is 11.3. The van der Waals surface area contributed by atoms with Gasteiger partial charge in [-0.05, 0) is 117 Å². The van der Waals surface area contributed by atoms with Gasteiger partial charge in [0, 0.05) is 111 Å². The van der Waals surface area contributed by atoms with E-state index in [4.69, 9.17) is 16.3 Å². The van der Waals surface area contributed by atoms with Crippen molar-refractivity contribution in [1.29, 1.82) is 0 Å². The fraction of sp³-hybridized carbons (Fsp3) is 0.431. The van der Waals surface area contributed by atoms with Gasteiger partial charge in [0.2, 0.25) is 0 Å². The first kappa shape index (κ1) is 51.4. The van der Waals surface area contributed by atoms with Gasteiger partial charge in [0.25, 0.3) is 21.6 Å². The van der Waals surface area contributed by atoms with Crippen LogP contribution in [0.5, 0.6) is 0 Å². The topological polar surface area (TPSA) is 175 Å². The number of piperazine rings is 2. The lowest BCUT2D eigenvalue weighted by atomic mass is 9.71. The summed E-state index contributed by atoms with van der Waals surface area (Å²) in [6, 6.07) is 27.3. The number of aldehydes is 1. The largest absolute Gasteiger partial charge is 0.444 e. The van der Waals surface area contributed by atoms with Gasteiger partial charge in [-0.25, -0.2) is 17.9 Å². The summed E-state index contributed by atoms with van der Waals surface area (Å²) in [5.74, 6) is -0.440. The van der Waals surface area contributed by atoms with E-state index in [9.17, 15) is 32.9 Å². The van der Waals surface area contributed by atoms with E-state index in [0.717, 1.165) is 94.6 Å². The molecule has 0 spiro atoms. The van der Waals surface area contributed by atoms with Crippen LogP contribution in [0.4, 0.5) is 21.9 Å². The highest BCUT2D eigenvalue weighted by Crippen LogP contribution is 2.44. The Morgan fingerprint density at radius 3 is 2.22 bits per heavy atom.